The summed E-state index contributed by atoms with van der Waals surface area (Å²) in [5.41, 5.74) is 0.307. The molecule has 1 N–H and O–H groups in total. The standard InChI is InChI=1S/C16H31NO/c1-3-4-5-6-8-15(17-2)14-9-12-18-16(13-14)10-7-11-16/h14-15,17H,3-13H2,1-2H3. The lowest BCUT2D eigenvalue weighted by molar-refractivity contribution is -0.147. The molecule has 1 aliphatic carbocycles. The molecule has 2 unspecified atom stereocenters. The van der Waals surface area contributed by atoms with Gasteiger partial charge in [-0.2, -0.15) is 0 Å². The zero-order chi connectivity index (χ0) is 12.8. The molecule has 2 nitrogen and oxygen atoms in total. The van der Waals surface area contributed by atoms with E-state index in [0.29, 0.717) is 5.60 Å². The summed E-state index contributed by atoms with van der Waals surface area (Å²) >= 11 is 0. The summed E-state index contributed by atoms with van der Waals surface area (Å²) in [7, 11) is 2.15. The van der Waals surface area contributed by atoms with Crippen molar-refractivity contribution in [1.82, 2.24) is 5.32 Å². The molecule has 1 aliphatic heterocycles. The van der Waals surface area contributed by atoms with Gasteiger partial charge in [0, 0.05) is 12.6 Å². The molecule has 2 fully saturated rings. The minimum atomic E-state index is 0.307. The second-order valence-corrected chi connectivity index (χ2v) is 6.38. The van der Waals surface area contributed by atoms with Crippen LogP contribution in [0.25, 0.3) is 0 Å². The van der Waals surface area contributed by atoms with Crippen molar-refractivity contribution in [2.45, 2.75) is 82.8 Å². The van der Waals surface area contributed by atoms with Gasteiger partial charge in [-0.05, 0) is 51.5 Å². The smallest absolute Gasteiger partial charge is 0.0685 e. The second-order valence-electron chi connectivity index (χ2n) is 6.38. The Hall–Kier alpha value is -0.0800. The Labute approximate surface area is 113 Å². The lowest BCUT2D eigenvalue weighted by Gasteiger charge is -2.48. The highest BCUT2D eigenvalue weighted by Crippen LogP contribution is 2.45. The fraction of sp³-hybridized carbons (Fsp3) is 1.00. The van der Waals surface area contributed by atoms with Crippen LogP contribution in [-0.2, 0) is 4.74 Å². The van der Waals surface area contributed by atoms with Crippen LogP contribution in [-0.4, -0.2) is 25.3 Å². The average molecular weight is 253 g/mol. The van der Waals surface area contributed by atoms with Gasteiger partial charge in [-0.1, -0.05) is 32.6 Å². The zero-order valence-corrected chi connectivity index (χ0v) is 12.3. The first-order valence-corrected chi connectivity index (χ1v) is 8.11. The van der Waals surface area contributed by atoms with Crippen LogP contribution in [0.2, 0.25) is 0 Å². The van der Waals surface area contributed by atoms with Crippen molar-refractivity contribution in [3.05, 3.63) is 0 Å². The maximum Gasteiger partial charge on any atom is 0.0685 e. The van der Waals surface area contributed by atoms with Crippen LogP contribution in [0.5, 0.6) is 0 Å². The van der Waals surface area contributed by atoms with E-state index in [0.717, 1.165) is 18.6 Å². The van der Waals surface area contributed by atoms with Crippen LogP contribution in [0.3, 0.4) is 0 Å². The van der Waals surface area contributed by atoms with Crippen LogP contribution in [0.1, 0.15) is 71.1 Å². The van der Waals surface area contributed by atoms with E-state index in [4.69, 9.17) is 4.74 Å². The van der Waals surface area contributed by atoms with E-state index < -0.39 is 0 Å². The molecular weight excluding hydrogens is 222 g/mol. The lowest BCUT2D eigenvalue weighted by atomic mass is 9.70. The first kappa shape index (κ1) is 14.3. The zero-order valence-electron chi connectivity index (χ0n) is 12.3. The van der Waals surface area contributed by atoms with Crippen LogP contribution in [0, 0.1) is 5.92 Å². The Morgan fingerprint density at radius 2 is 2.11 bits per heavy atom. The Balaban J connectivity index is 1.76. The van der Waals surface area contributed by atoms with Gasteiger partial charge in [-0.25, -0.2) is 0 Å². The van der Waals surface area contributed by atoms with Crippen molar-refractivity contribution in [3.8, 4) is 0 Å². The number of unbranched alkanes of at least 4 members (excludes halogenated alkanes) is 3. The van der Waals surface area contributed by atoms with Crippen LogP contribution < -0.4 is 5.32 Å². The first-order chi connectivity index (χ1) is 8.79. The highest BCUT2D eigenvalue weighted by atomic mass is 16.5. The fourth-order valence-corrected chi connectivity index (χ4v) is 3.74. The van der Waals surface area contributed by atoms with Crippen molar-refractivity contribution in [3.63, 3.8) is 0 Å². The largest absolute Gasteiger partial charge is 0.375 e. The second kappa shape index (κ2) is 6.91. The van der Waals surface area contributed by atoms with E-state index in [9.17, 15) is 0 Å². The van der Waals surface area contributed by atoms with Crippen molar-refractivity contribution >= 4 is 0 Å². The molecule has 2 rings (SSSR count). The molecule has 106 valence electrons. The van der Waals surface area contributed by atoms with Gasteiger partial charge in [0.25, 0.3) is 0 Å². The summed E-state index contributed by atoms with van der Waals surface area (Å²) in [6.45, 7) is 3.28. The van der Waals surface area contributed by atoms with E-state index in [1.165, 1.54) is 64.2 Å². The van der Waals surface area contributed by atoms with Crippen molar-refractivity contribution < 1.29 is 4.74 Å². The molecule has 0 bridgehead atoms. The molecule has 2 aliphatic rings. The molecule has 2 heteroatoms. The maximum atomic E-state index is 6.04. The molecule has 0 aromatic heterocycles. The topological polar surface area (TPSA) is 21.3 Å². The fourth-order valence-electron chi connectivity index (χ4n) is 3.74. The molecule has 0 amide bonds. The summed E-state index contributed by atoms with van der Waals surface area (Å²) in [5.74, 6) is 0.852. The van der Waals surface area contributed by atoms with Crippen LogP contribution in [0.15, 0.2) is 0 Å². The molecule has 2 atom stereocenters. The number of ether oxygens (including phenoxy) is 1. The van der Waals surface area contributed by atoms with Gasteiger partial charge in [-0.15, -0.1) is 0 Å². The first-order valence-electron chi connectivity index (χ1n) is 8.11. The van der Waals surface area contributed by atoms with Crippen molar-refractivity contribution in [2.75, 3.05) is 13.7 Å². The molecule has 1 heterocycles. The summed E-state index contributed by atoms with van der Waals surface area (Å²) in [4.78, 5) is 0. The number of hydrogen-bond acceptors (Lipinski definition) is 2. The van der Waals surface area contributed by atoms with Gasteiger partial charge in [0.05, 0.1) is 5.60 Å². The molecule has 1 spiro atoms. The van der Waals surface area contributed by atoms with Gasteiger partial charge in [0.1, 0.15) is 0 Å². The molecule has 1 saturated carbocycles. The van der Waals surface area contributed by atoms with Crippen LogP contribution in [0.4, 0.5) is 0 Å². The van der Waals surface area contributed by atoms with Crippen molar-refractivity contribution in [1.29, 1.82) is 0 Å². The molecular formula is C16H31NO. The SMILES string of the molecule is CCCCCCC(NC)C1CCOC2(CCC2)C1. The number of rotatable bonds is 7. The third-order valence-electron chi connectivity index (χ3n) is 5.10. The summed E-state index contributed by atoms with van der Waals surface area (Å²) in [6, 6.07) is 0.725. The molecule has 18 heavy (non-hydrogen) atoms. The number of nitrogens with one attached hydrogen (secondary N) is 1. The van der Waals surface area contributed by atoms with Crippen molar-refractivity contribution in [2.24, 2.45) is 5.92 Å². The Morgan fingerprint density at radius 1 is 1.28 bits per heavy atom. The van der Waals surface area contributed by atoms with Gasteiger partial charge < -0.3 is 10.1 Å². The molecule has 0 aromatic carbocycles. The van der Waals surface area contributed by atoms with Gasteiger partial charge >= 0.3 is 0 Å². The third-order valence-corrected chi connectivity index (χ3v) is 5.10. The van der Waals surface area contributed by atoms with E-state index in [2.05, 4.69) is 19.3 Å². The predicted molar refractivity (Wildman–Crippen MR) is 76.9 cm³/mol. The van der Waals surface area contributed by atoms with Crippen LogP contribution >= 0.6 is 0 Å². The van der Waals surface area contributed by atoms with E-state index >= 15 is 0 Å². The summed E-state index contributed by atoms with van der Waals surface area (Å²) < 4.78 is 6.04. The Kier molecular flexibility index (Phi) is 5.50. The minimum absolute atomic E-state index is 0.307. The van der Waals surface area contributed by atoms with Gasteiger partial charge in [0.2, 0.25) is 0 Å². The minimum Gasteiger partial charge on any atom is -0.375 e. The van der Waals surface area contributed by atoms with E-state index in [-0.39, 0.29) is 0 Å². The molecule has 0 aromatic rings. The summed E-state index contributed by atoms with van der Waals surface area (Å²) in [6.07, 6.45) is 13.5. The normalized spacial score (nSPS) is 28.0. The Bertz CT molecular complexity index is 237. The molecule has 0 radical (unpaired) electrons. The Morgan fingerprint density at radius 3 is 2.72 bits per heavy atom. The summed E-state index contributed by atoms with van der Waals surface area (Å²) in [5, 5.41) is 3.58. The lowest BCUT2D eigenvalue weighted by Crippen LogP contribution is -2.49. The molecule has 1 saturated heterocycles. The number of hydrogen-bond donors (Lipinski definition) is 1. The van der Waals surface area contributed by atoms with E-state index in [1.54, 1.807) is 0 Å². The van der Waals surface area contributed by atoms with Gasteiger partial charge in [0.15, 0.2) is 0 Å². The average Bonchev–Trinajstić information content (AvgIpc) is 2.37. The quantitative estimate of drug-likeness (QED) is 0.695. The third kappa shape index (κ3) is 3.48. The predicted octanol–water partition coefficient (Wildman–Crippen LogP) is 3.89. The maximum absolute atomic E-state index is 6.04. The monoisotopic (exact) mass is 253 g/mol. The van der Waals surface area contributed by atoms with Gasteiger partial charge in [-0.3, -0.25) is 0 Å². The van der Waals surface area contributed by atoms with E-state index in [1.807, 2.05) is 0 Å². The highest BCUT2D eigenvalue weighted by molar-refractivity contribution is 4.96. The highest BCUT2D eigenvalue weighted by Gasteiger charge is 2.43.